The van der Waals surface area contributed by atoms with Crippen LogP contribution in [0.3, 0.4) is 0 Å². The van der Waals surface area contributed by atoms with Crippen LogP contribution in [-0.4, -0.2) is 12.6 Å². The molecule has 2 rings (SSSR count). The zero-order chi connectivity index (χ0) is 17.4. The highest BCUT2D eigenvalue weighted by molar-refractivity contribution is 9.10. The Morgan fingerprint density at radius 3 is 2.46 bits per heavy atom. The summed E-state index contributed by atoms with van der Waals surface area (Å²) in [5.74, 6) is 1.54. The van der Waals surface area contributed by atoms with Gasteiger partial charge in [0.25, 0.3) is 0 Å². The van der Waals surface area contributed by atoms with E-state index in [0.717, 1.165) is 34.5 Å². The van der Waals surface area contributed by atoms with Crippen LogP contribution in [0.4, 0.5) is 0 Å². The second-order valence-electron chi connectivity index (χ2n) is 5.80. The van der Waals surface area contributed by atoms with Gasteiger partial charge in [-0.1, -0.05) is 37.3 Å². The Balaban J connectivity index is 2.14. The van der Waals surface area contributed by atoms with E-state index in [0.29, 0.717) is 19.3 Å². The SMILES string of the molecule is CCOc1cc(CN[C@H](C)CC)cc(Br)c1OCc1ccccc1. The first-order valence-electron chi connectivity index (χ1n) is 8.49. The maximum absolute atomic E-state index is 6.02. The molecular weight excluding hydrogens is 366 g/mol. The van der Waals surface area contributed by atoms with E-state index in [-0.39, 0.29) is 0 Å². The molecule has 1 atom stereocenters. The van der Waals surface area contributed by atoms with Crippen molar-refractivity contribution in [2.75, 3.05) is 6.61 Å². The summed E-state index contributed by atoms with van der Waals surface area (Å²) >= 11 is 3.63. The molecule has 0 fully saturated rings. The van der Waals surface area contributed by atoms with Crippen LogP contribution in [-0.2, 0) is 13.2 Å². The summed E-state index contributed by atoms with van der Waals surface area (Å²) in [6.45, 7) is 8.29. The molecule has 0 spiro atoms. The fraction of sp³-hybridized carbons (Fsp3) is 0.400. The minimum Gasteiger partial charge on any atom is -0.490 e. The lowest BCUT2D eigenvalue weighted by Crippen LogP contribution is -2.24. The molecule has 0 aliphatic heterocycles. The van der Waals surface area contributed by atoms with E-state index >= 15 is 0 Å². The Morgan fingerprint density at radius 1 is 1.04 bits per heavy atom. The molecule has 24 heavy (non-hydrogen) atoms. The van der Waals surface area contributed by atoms with Crippen LogP contribution in [0.15, 0.2) is 46.9 Å². The first kappa shape index (κ1) is 18.8. The Bertz CT molecular complexity index is 631. The van der Waals surface area contributed by atoms with Crippen LogP contribution in [0, 0.1) is 0 Å². The molecule has 2 aromatic carbocycles. The highest BCUT2D eigenvalue weighted by Gasteiger charge is 2.13. The number of rotatable bonds is 9. The fourth-order valence-corrected chi connectivity index (χ4v) is 2.90. The van der Waals surface area contributed by atoms with Gasteiger partial charge in [0.05, 0.1) is 11.1 Å². The molecule has 0 amide bonds. The Kier molecular flexibility index (Phi) is 7.60. The van der Waals surface area contributed by atoms with Crippen molar-refractivity contribution in [2.24, 2.45) is 0 Å². The topological polar surface area (TPSA) is 30.5 Å². The minimum absolute atomic E-state index is 0.494. The molecule has 1 N–H and O–H groups in total. The third-order valence-corrected chi connectivity index (χ3v) is 4.45. The number of hydrogen-bond donors (Lipinski definition) is 1. The second-order valence-corrected chi connectivity index (χ2v) is 6.66. The quantitative estimate of drug-likeness (QED) is 0.627. The normalized spacial score (nSPS) is 12.0. The van der Waals surface area contributed by atoms with Gasteiger partial charge in [-0.2, -0.15) is 0 Å². The molecule has 0 aliphatic carbocycles. The Morgan fingerprint density at radius 2 is 1.79 bits per heavy atom. The van der Waals surface area contributed by atoms with Gasteiger partial charge in [-0.05, 0) is 59.5 Å². The number of nitrogens with one attached hydrogen (secondary N) is 1. The Labute approximate surface area is 153 Å². The molecule has 4 heteroatoms. The van der Waals surface area contributed by atoms with Gasteiger partial charge in [0, 0.05) is 12.6 Å². The van der Waals surface area contributed by atoms with Crippen molar-refractivity contribution >= 4 is 15.9 Å². The smallest absolute Gasteiger partial charge is 0.175 e. The molecule has 130 valence electrons. The van der Waals surface area contributed by atoms with Crippen molar-refractivity contribution in [3.8, 4) is 11.5 Å². The number of hydrogen-bond acceptors (Lipinski definition) is 3. The van der Waals surface area contributed by atoms with Gasteiger partial charge in [0.15, 0.2) is 11.5 Å². The molecule has 0 bridgehead atoms. The monoisotopic (exact) mass is 391 g/mol. The van der Waals surface area contributed by atoms with Crippen LogP contribution in [0.5, 0.6) is 11.5 Å². The largest absolute Gasteiger partial charge is 0.490 e. The van der Waals surface area contributed by atoms with Crippen LogP contribution in [0.1, 0.15) is 38.3 Å². The van der Waals surface area contributed by atoms with E-state index in [1.807, 2.05) is 25.1 Å². The molecule has 0 unspecified atom stereocenters. The molecule has 0 radical (unpaired) electrons. The van der Waals surface area contributed by atoms with E-state index in [1.54, 1.807) is 0 Å². The maximum Gasteiger partial charge on any atom is 0.175 e. The van der Waals surface area contributed by atoms with Crippen LogP contribution < -0.4 is 14.8 Å². The summed E-state index contributed by atoms with van der Waals surface area (Å²) in [7, 11) is 0. The summed E-state index contributed by atoms with van der Waals surface area (Å²) in [5.41, 5.74) is 2.31. The maximum atomic E-state index is 6.02. The van der Waals surface area contributed by atoms with Crippen molar-refractivity contribution in [1.82, 2.24) is 5.32 Å². The average molecular weight is 392 g/mol. The van der Waals surface area contributed by atoms with E-state index < -0.39 is 0 Å². The molecule has 0 aromatic heterocycles. The third-order valence-electron chi connectivity index (χ3n) is 3.86. The molecule has 3 nitrogen and oxygen atoms in total. The number of ether oxygens (including phenoxy) is 2. The molecule has 0 aliphatic rings. The van der Waals surface area contributed by atoms with E-state index in [1.165, 1.54) is 5.56 Å². The van der Waals surface area contributed by atoms with Gasteiger partial charge < -0.3 is 14.8 Å². The van der Waals surface area contributed by atoms with Crippen molar-refractivity contribution in [1.29, 1.82) is 0 Å². The number of benzene rings is 2. The highest BCUT2D eigenvalue weighted by Crippen LogP contribution is 2.37. The predicted molar refractivity (Wildman–Crippen MR) is 103 cm³/mol. The summed E-state index contributed by atoms with van der Waals surface area (Å²) in [6, 6.07) is 14.8. The summed E-state index contributed by atoms with van der Waals surface area (Å²) in [6.07, 6.45) is 1.11. The second kappa shape index (κ2) is 9.70. The van der Waals surface area contributed by atoms with Crippen molar-refractivity contribution in [3.63, 3.8) is 0 Å². The van der Waals surface area contributed by atoms with Gasteiger partial charge >= 0.3 is 0 Å². The lowest BCUT2D eigenvalue weighted by atomic mass is 10.1. The van der Waals surface area contributed by atoms with E-state index in [4.69, 9.17) is 9.47 Å². The van der Waals surface area contributed by atoms with Gasteiger partial charge in [0.2, 0.25) is 0 Å². The van der Waals surface area contributed by atoms with E-state index in [2.05, 4.69) is 59.4 Å². The van der Waals surface area contributed by atoms with Crippen molar-refractivity contribution < 1.29 is 9.47 Å². The Hall–Kier alpha value is -1.52. The zero-order valence-electron chi connectivity index (χ0n) is 14.6. The molecule has 0 saturated heterocycles. The summed E-state index contributed by atoms with van der Waals surface area (Å²) in [5, 5.41) is 3.51. The lowest BCUT2D eigenvalue weighted by molar-refractivity contribution is 0.267. The molecule has 0 heterocycles. The molecule has 2 aromatic rings. The van der Waals surface area contributed by atoms with Crippen LogP contribution in [0.25, 0.3) is 0 Å². The standard InChI is InChI=1S/C20H26BrNO2/c1-4-15(3)22-13-17-11-18(21)20(19(12-17)23-5-2)24-14-16-9-7-6-8-10-16/h6-12,15,22H,4-5,13-14H2,1-3H3/t15-/m1/s1. The van der Waals surface area contributed by atoms with Crippen molar-refractivity contribution in [2.45, 2.75) is 46.4 Å². The van der Waals surface area contributed by atoms with Crippen molar-refractivity contribution in [3.05, 3.63) is 58.1 Å². The minimum atomic E-state index is 0.494. The predicted octanol–water partition coefficient (Wildman–Crippen LogP) is 5.31. The number of halogens is 1. The van der Waals surface area contributed by atoms with Gasteiger partial charge in [-0.3, -0.25) is 0 Å². The van der Waals surface area contributed by atoms with Crippen LogP contribution >= 0.6 is 15.9 Å². The summed E-state index contributed by atoms with van der Waals surface area (Å²) in [4.78, 5) is 0. The third kappa shape index (κ3) is 5.53. The molecule has 0 saturated carbocycles. The molecular formula is C20H26BrNO2. The first-order chi connectivity index (χ1) is 11.6. The zero-order valence-corrected chi connectivity index (χ0v) is 16.2. The summed E-state index contributed by atoms with van der Waals surface area (Å²) < 4.78 is 12.7. The average Bonchev–Trinajstić information content (AvgIpc) is 2.60. The first-order valence-corrected chi connectivity index (χ1v) is 9.28. The van der Waals surface area contributed by atoms with Gasteiger partial charge in [-0.25, -0.2) is 0 Å². The van der Waals surface area contributed by atoms with Gasteiger partial charge in [0.1, 0.15) is 6.61 Å². The van der Waals surface area contributed by atoms with Crippen LogP contribution in [0.2, 0.25) is 0 Å². The fourth-order valence-electron chi connectivity index (χ4n) is 2.29. The highest BCUT2D eigenvalue weighted by atomic mass is 79.9. The van der Waals surface area contributed by atoms with E-state index in [9.17, 15) is 0 Å². The van der Waals surface area contributed by atoms with Gasteiger partial charge in [-0.15, -0.1) is 0 Å². The lowest BCUT2D eigenvalue weighted by Gasteiger charge is -2.17.